The number of phenolic OH excluding ortho intramolecular Hbond substituents is 1. The number of ether oxygens (including phenoxy) is 1. The van der Waals surface area contributed by atoms with E-state index in [1.54, 1.807) is 0 Å². The molecule has 1 unspecified atom stereocenters. The minimum Gasteiger partial charge on any atom is -0.503 e. The summed E-state index contributed by atoms with van der Waals surface area (Å²) < 4.78 is 7.13. The zero-order chi connectivity index (χ0) is 16.6. The third-order valence-electron chi connectivity index (χ3n) is 4.33. The van der Waals surface area contributed by atoms with Gasteiger partial charge in [-0.25, -0.2) is 0 Å². The maximum absolute atomic E-state index is 12.9. The number of amides is 1. The number of aromatic nitrogens is 1. The number of carbonyl (C=O) groups excluding carboxylic acids is 1. The second-order valence-electron chi connectivity index (χ2n) is 5.71. The van der Waals surface area contributed by atoms with Gasteiger partial charge in [0, 0.05) is 31.0 Å². The fourth-order valence-corrected chi connectivity index (χ4v) is 3.37. The fraction of sp³-hybridized carbons (Fsp3) is 0.353. The molecule has 0 saturated carbocycles. The quantitative estimate of drug-likeness (QED) is 0.936. The van der Waals surface area contributed by atoms with Gasteiger partial charge in [-0.05, 0) is 37.1 Å². The van der Waals surface area contributed by atoms with Crippen LogP contribution in [-0.2, 0) is 7.05 Å². The van der Waals surface area contributed by atoms with Crippen molar-refractivity contribution in [2.75, 3.05) is 13.7 Å². The van der Waals surface area contributed by atoms with Gasteiger partial charge in [0.15, 0.2) is 11.5 Å². The van der Waals surface area contributed by atoms with E-state index in [1.807, 2.05) is 34.8 Å². The Bertz CT molecular complexity index is 741. The van der Waals surface area contributed by atoms with Crippen LogP contribution in [-0.4, -0.2) is 34.1 Å². The van der Waals surface area contributed by atoms with Gasteiger partial charge in [-0.15, -0.1) is 0 Å². The van der Waals surface area contributed by atoms with Crippen LogP contribution in [0.4, 0.5) is 0 Å². The van der Waals surface area contributed by atoms with Gasteiger partial charge in [0.2, 0.25) is 0 Å². The molecule has 2 aromatic rings. The summed E-state index contributed by atoms with van der Waals surface area (Å²) in [5.41, 5.74) is 1.54. The summed E-state index contributed by atoms with van der Waals surface area (Å²) in [4.78, 5) is 14.8. The van der Waals surface area contributed by atoms with E-state index in [2.05, 4.69) is 0 Å². The van der Waals surface area contributed by atoms with Crippen LogP contribution in [0.25, 0.3) is 0 Å². The molecular weight excluding hydrogens is 316 g/mol. The lowest BCUT2D eigenvalue weighted by Crippen LogP contribution is -2.31. The molecule has 1 N–H and O–H groups in total. The van der Waals surface area contributed by atoms with Gasteiger partial charge in [-0.3, -0.25) is 4.79 Å². The lowest BCUT2D eigenvalue weighted by Gasteiger charge is -2.25. The van der Waals surface area contributed by atoms with Crippen LogP contribution in [0.3, 0.4) is 0 Å². The maximum atomic E-state index is 12.9. The van der Waals surface area contributed by atoms with E-state index in [1.165, 1.54) is 19.2 Å². The van der Waals surface area contributed by atoms with Crippen molar-refractivity contribution in [3.63, 3.8) is 0 Å². The Morgan fingerprint density at radius 2 is 2.22 bits per heavy atom. The molecule has 1 aromatic heterocycles. The molecule has 0 radical (unpaired) electrons. The molecule has 1 aliphatic rings. The number of phenols is 1. The van der Waals surface area contributed by atoms with Gasteiger partial charge in [0.25, 0.3) is 5.91 Å². The number of hydrogen-bond donors (Lipinski definition) is 1. The molecular formula is C17H19ClN2O3. The SMILES string of the molecule is COc1cc(C(=O)N2CCCC2c2cccn2C)cc(Cl)c1O. The average molecular weight is 335 g/mol. The van der Waals surface area contributed by atoms with Gasteiger partial charge in [-0.2, -0.15) is 0 Å². The van der Waals surface area contributed by atoms with E-state index in [0.29, 0.717) is 12.1 Å². The number of hydrogen-bond acceptors (Lipinski definition) is 3. The summed E-state index contributed by atoms with van der Waals surface area (Å²) in [6.07, 6.45) is 3.88. The summed E-state index contributed by atoms with van der Waals surface area (Å²) in [7, 11) is 3.42. The van der Waals surface area contributed by atoms with Crippen molar-refractivity contribution in [2.24, 2.45) is 7.05 Å². The van der Waals surface area contributed by atoms with E-state index in [0.717, 1.165) is 18.5 Å². The molecule has 1 fully saturated rings. The van der Waals surface area contributed by atoms with Gasteiger partial charge in [-0.1, -0.05) is 11.6 Å². The number of nitrogens with zero attached hydrogens (tertiary/aromatic N) is 2. The Morgan fingerprint density at radius 3 is 2.87 bits per heavy atom. The summed E-state index contributed by atoms with van der Waals surface area (Å²) in [6, 6.07) is 7.10. The van der Waals surface area contributed by atoms with Crippen LogP contribution in [0.5, 0.6) is 11.5 Å². The number of benzene rings is 1. The van der Waals surface area contributed by atoms with E-state index < -0.39 is 0 Å². The molecule has 0 spiro atoms. The minimum absolute atomic E-state index is 0.0565. The standard InChI is InChI=1S/C17H19ClN2O3/c1-19-7-3-5-13(19)14-6-4-8-20(14)17(22)11-9-12(18)16(21)15(10-11)23-2/h3,5,7,9-10,14,21H,4,6,8H2,1-2H3. The Labute approximate surface area is 140 Å². The Morgan fingerprint density at radius 1 is 1.43 bits per heavy atom. The zero-order valence-corrected chi connectivity index (χ0v) is 13.9. The highest BCUT2D eigenvalue weighted by molar-refractivity contribution is 6.32. The van der Waals surface area contributed by atoms with Crippen molar-refractivity contribution in [1.82, 2.24) is 9.47 Å². The third kappa shape index (κ3) is 2.77. The summed E-state index contributed by atoms with van der Waals surface area (Å²) >= 11 is 6.00. The first kappa shape index (κ1) is 15.7. The zero-order valence-electron chi connectivity index (χ0n) is 13.1. The largest absolute Gasteiger partial charge is 0.503 e. The predicted octanol–water partition coefficient (Wildman–Crippen LogP) is 3.37. The van der Waals surface area contributed by atoms with Gasteiger partial charge in [0.05, 0.1) is 18.2 Å². The lowest BCUT2D eigenvalue weighted by molar-refractivity contribution is 0.0731. The van der Waals surface area contributed by atoms with Crippen molar-refractivity contribution in [3.8, 4) is 11.5 Å². The molecule has 1 saturated heterocycles. The van der Waals surface area contributed by atoms with Crippen LogP contribution in [0, 0.1) is 0 Å². The molecule has 0 bridgehead atoms. The molecule has 3 rings (SSSR count). The van der Waals surface area contributed by atoms with Crippen LogP contribution in [0.15, 0.2) is 30.5 Å². The minimum atomic E-state index is -0.147. The summed E-state index contributed by atoms with van der Waals surface area (Å²) in [5, 5.41) is 9.94. The van der Waals surface area contributed by atoms with Gasteiger partial charge < -0.3 is 19.3 Å². The first-order valence-electron chi connectivity index (χ1n) is 7.51. The molecule has 1 amide bonds. The highest BCUT2D eigenvalue weighted by Gasteiger charge is 2.32. The smallest absolute Gasteiger partial charge is 0.254 e. The van der Waals surface area contributed by atoms with Gasteiger partial charge >= 0.3 is 0 Å². The number of aromatic hydroxyl groups is 1. The van der Waals surface area contributed by atoms with Crippen molar-refractivity contribution in [2.45, 2.75) is 18.9 Å². The second kappa shape index (κ2) is 6.16. The van der Waals surface area contributed by atoms with E-state index >= 15 is 0 Å². The molecule has 1 aliphatic heterocycles. The van der Waals surface area contributed by atoms with Crippen LogP contribution in [0.1, 0.15) is 34.9 Å². The molecule has 0 aliphatic carbocycles. The van der Waals surface area contributed by atoms with Gasteiger partial charge in [0.1, 0.15) is 0 Å². The van der Waals surface area contributed by atoms with Crippen LogP contribution in [0.2, 0.25) is 5.02 Å². The Balaban J connectivity index is 1.93. The first-order chi connectivity index (χ1) is 11.0. The molecule has 23 heavy (non-hydrogen) atoms. The number of carbonyl (C=O) groups is 1. The number of likely N-dealkylation sites (tertiary alicyclic amines) is 1. The first-order valence-corrected chi connectivity index (χ1v) is 7.89. The summed E-state index contributed by atoms with van der Waals surface area (Å²) in [6.45, 7) is 0.704. The van der Waals surface area contributed by atoms with E-state index in [4.69, 9.17) is 16.3 Å². The normalized spacial score (nSPS) is 17.5. The summed E-state index contributed by atoms with van der Waals surface area (Å²) in [5.74, 6) is -0.0458. The Kier molecular flexibility index (Phi) is 4.22. The second-order valence-corrected chi connectivity index (χ2v) is 6.12. The fourth-order valence-electron chi connectivity index (χ4n) is 3.16. The molecule has 1 atom stereocenters. The van der Waals surface area contributed by atoms with E-state index in [9.17, 15) is 9.90 Å². The van der Waals surface area contributed by atoms with Crippen molar-refractivity contribution in [1.29, 1.82) is 0 Å². The van der Waals surface area contributed by atoms with Crippen LogP contribution < -0.4 is 4.74 Å². The molecule has 1 aromatic carbocycles. The molecule has 2 heterocycles. The topological polar surface area (TPSA) is 54.7 Å². The third-order valence-corrected chi connectivity index (χ3v) is 4.62. The molecule has 122 valence electrons. The number of halogens is 1. The maximum Gasteiger partial charge on any atom is 0.254 e. The van der Waals surface area contributed by atoms with Crippen molar-refractivity contribution >= 4 is 17.5 Å². The van der Waals surface area contributed by atoms with Crippen molar-refractivity contribution < 1.29 is 14.6 Å². The number of aryl methyl sites for hydroxylation is 1. The number of methoxy groups -OCH3 is 1. The Hall–Kier alpha value is -2.14. The van der Waals surface area contributed by atoms with Crippen LogP contribution >= 0.6 is 11.6 Å². The monoisotopic (exact) mass is 334 g/mol. The van der Waals surface area contributed by atoms with Crippen molar-refractivity contribution in [3.05, 3.63) is 46.7 Å². The molecule has 5 nitrogen and oxygen atoms in total. The molecule has 6 heteroatoms. The number of rotatable bonds is 3. The highest BCUT2D eigenvalue weighted by Crippen LogP contribution is 2.37. The highest BCUT2D eigenvalue weighted by atomic mass is 35.5. The van der Waals surface area contributed by atoms with E-state index in [-0.39, 0.29) is 28.5 Å². The lowest BCUT2D eigenvalue weighted by atomic mass is 10.1. The average Bonchev–Trinajstić information content (AvgIpc) is 3.17. The predicted molar refractivity (Wildman–Crippen MR) is 88.1 cm³/mol.